The molecule has 5 aromatic rings. The van der Waals surface area contributed by atoms with Crippen LogP contribution in [0.2, 0.25) is 0 Å². The smallest absolute Gasteiger partial charge is 0.0551 e. The van der Waals surface area contributed by atoms with E-state index in [4.69, 9.17) is 0 Å². The predicted octanol–water partition coefficient (Wildman–Crippen LogP) is 6.76. The second-order valence-corrected chi connectivity index (χ2v) is 6.94. The molecule has 1 aromatic heterocycles. The molecule has 4 aromatic carbocycles. The number of para-hydroxylation sites is 1. The van der Waals surface area contributed by atoms with Crippen LogP contribution in [0.5, 0.6) is 0 Å². The Morgan fingerprint density at radius 3 is 2.24 bits per heavy atom. The van der Waals surface area contributed by atoms with Gasteiger partial charge in [0.25, 0.3) is 0 Å². The van der Waals surface area contributed by atoms with Crippen molar-refractivity contribution in [1.82, 2.24) is 4.98 Å². The summed E-state index contributed by atoms with van der Waals surface area (Å²) >= 11 is 0. The van der Waals surface area contributed by atoms with E-state index in [0.717, 1.165) is 0 Å². The van der Waals surface area contributed by atoms with Gasteiger partial charge in [-0.05, 0) is 42.3 Å². The van der Waals surface area contributed by atoms with Gasteiger partial charge in [0.1, 0.15) is 0 Å². The van der Waals surface area contributed by atoms with Crippen LogP contribution in [-0.4, -0.2) is 4.98 Å². The molecule has 0 aliphatic carbocycles. The molecule has 1 heterocycles. The summed E-state index contributed by atoms with van der Waals surface area (Å²) in [5, 5.41) is 5.18. The Morgan fingerprint density at radius 1 is 0.640 bits per heavy atom. The van der Waals surface area contributed by atoms with Crippen LogP contribution >= 0.6 is 0 Å². The van der Waals surface area contributed by atoms with Gasteiger partial charge in [0.2, 0.25) is 0 Å². The summed E-state index contributed by atoms with van der Waals surface area (Å²) in [6.45, 7) is 4.29. The fourth-order valence-corrected chi connectivity index (χ4v) is 3.83. The Morgan fingerprint density at radius 2 is 1.40 bits per heavy atom. The minimum atomic E-state index is 1.19. The summed E-state index contributed by atoms with van der Waals surface area (Å²) in [6.07, 6.45) is 0. The quantitative estimate of drug-likeness (QED) is 0.351. The monoisotopic (exact) mass is 321 g/mol. The van der Waals surface area contributed by atoms with Crippen LogP contribution in [0.3, 0.4) is 0 Å². The third-order valence-electron chi connectivity index (χ3n) is 5.11. The van der Waals surface area contributed by atoms with Gasteiger partial charge < -0.3 is 4.98 Å². The SMILES string of the molecule is Cc1ccc(-c2c3cc(C)ccc3cc3c2[nH]c2ccccc23)cc1. The molecule has 0 bridgehead atoms. The van der Waals surface area contributed by atoms with Gasteiger partial charge in [-0.3, -0.25) is 0 Å². The lowest BCUT2D eigenvalue weighted by Crippen LogP contribution is -1.86. The van der Waals surface area contributed by atoms with E-state index >= 15 is 0 Å². The summed E-state index contributed by atoms with van der Waals surface area (Å²) in [7, 11) is 0. The Balaban J connectivity index is 2.02. The van der Waals surface area contributed by atoms with Crippen molar-refractivity contribution in [2.24, 2.45) is 0 Å². The first-order valence-electron chi connectivity index (χ1n) is 8.71. The number of aromatic nitrogens is 1. The van der Waals surface area contributed by atoms with E-state index in [-0.39, 0.29) is 0 Å². The molecule has 5 rings (SSSR count). The third-order valence-corrected chi connectivity index (χ3v) is 5.11. The summed E-state index contributed by atoms with van der Waals surface area (Å²) in [5.74, 6) is 0. The summed E-state index contributed by atoms with van der Waals surface area (Å²) in [6, 6.07) is 26.5. The molecule has 0 aliphatic heterocycles. The van der Waals surface area contributed by atoms with Crippen molar-refractivity contribution in [2.45, 2.75) is 13.8 Å². The Labute approximate surface area is 146 Å². The molecule has 0 aliphatic rings. The fourth-order valence-electron chi connectivity index (χ4n) is 3.83. The molecule has 0 spiro atoms. The fraction of sp³-hybridized carbons (Fsp3) is 0.0833. The van der Waals surface area contributed by atoms with Crippen LogP contribution in [0.15, 0.2) is 72.8 Å². The number of hydrogen-bond acceptors (Lipinski definition) is 0. The van der Waals surface area contributed by atoms with Crippen LogP contribution in [0, 0.1) is 13.8 Å². The number of aryl methyl sites for hydroxylation is 2. The first kappa shape index (κ1) is 14.3. The summed E-state index contributed by atoms with van der Waals surface area (Å²) < 4.78 is 0. The van der Waals surface area contributed by atoms with Crippen molar-refractivity contribution in [1.29, 1.82) is 0 Å². The maximum atomic E-state index is 3.67. The molecule has 0 fully saturated rings. The van der Waals surface area contributed by atoms with Crippen molar-refractivity contribution in [2.75, 3.05) is 0 Å². The zero-order chi connectivity index (χ0) is 17.0. The Bertz CT molecular complexity index is 1240. The van der Waals surface area contributed by atoms with Gasteiger partial charge in [-0.15, -0.1) is 0 Å². The number of aromatic amines is 1. The highest BCUT2D eigenvalue weighted by molar-refractivity contribution is 6.19. The average molecular weight is 321 g/mol. The van der Waals surface area contributed by atoms with Crippen LogP contribution in [0.4, 0.5) is 0 Å². The molecule has 25 heavy (non-hydrogen) atoms. The number of H-pyrrole nitrogens is 1. The van der Waals surface area contributed by atoms with Crippen molar-refractivity contribution in [3.05, 3.63) is 83.9 Å². The van der Waals surface area contributed by atoms with E-state index in [9.17, 15) is 0 Å². The van der Waals surface area contributed by atoms with E-state index in [1.165, 1.54) is 54.8 Å². The van der Waals surface area contributed by atoms with E-state index in [1.807, 2.05) is 0 Å². The van der Waals surface area contributed by atoms with Crippen molar-refractivity contribution in [3.63, 3.8) is 0 Å². The molecule has 0 unspecified atom stereocenters. The van der Waals surface area contributed by atoms with Gasteiger partial charge in [0, 0.05) is 21.9 Å². The second-order valence-electron chi connectivity index (χ2n) is 6.94. The molecule has 120 valence electrons. The van der Waals surface area contributed by atoms with Crippen LogP contribution in [-0.2, 0) is 0 Å². The van der Waals surface area contributed by atoms with Crippen LogP contribution in [0.1, 0.15) is 11.1 Å². The number of hydrogen-bond donors (Lipinski definition) is 1. The highest BCUT2D eigenvalue weighted by Crippen LogP contribution is 2.39. The maximum absolute atomic E-state index is 3.67. The molecule has 1 N–H and O–H groups in total. The predicted molar refractivity (Wildman–Crippen MR) is 108 cm³/mol. The van der Waals surface area contributed by atoms with Crippen molar-refractivity contribution in [3.8, 4) is 11.1 Å². The van der Waals surface area contributed by atoms with Gasteiger partial charge in [-0.25, -0.2) is 0 Å². The Hall–Kier alpha value is -3.06. The van der Waals surface area contributed by atoms with E-state index in [2.05, 4.69) is 91.6 Å². The van der Waals surface area contributed by atoms with Crippen LogP contribution < -0.4 is 0 Å². The summed E-state index contributed by atoms with van der Waals surface area (Å²) in [5.41, 5.74) is 7.55. The molecule has 0 atom stereocenters. The normalized spacial score (nSPS) is 11.6. The van der Waals surface area contributed by atoms with Gasteiger partial charge in [-0.1, -0.05) is 71.8 Å². The standard InChI is InChI=1S/C24H19N/c1-15-7-10-17(11-8-15)23-20-13-16(2)9-12-18(20)14-21-19-5-3-4-6-22(19)25-24(21)23/h3-14,25H,1-2H3. The van der Waals surface area contributed by atoms with Gasteiger partial charge in [-0.2, -0.15) is 0 Å². The number of nitrogens with one attached hydrogen (secondary N) is 1. The Kier molecular flexibility index (Phi) is 2.98. The number of rotatable bonds is 1. The average Bonchev–Trinajstić information content (AvgIpc) is 2.99. The first-order valence-corrected chi connectivity index (χ1v) is 8.71. The molecule has 0 radical (unpaired) electrons. The molecular weight excluding hydrogens is 302 g/mol. The van der Waals surface area contributed by atoms with E-state index in [1.54, 1.807) is 0 Å². The van der Waals surface area contributed by atoms with E-state index in [0.29, 0.717) is 0 Å². The maximum Gasteiger partial charge on any atom is 0.0551 e. The number of fused-ring (bicyclic) bond motifs is 4. The zero-order valence-corrected chi connectivity index (χ0v) is 14.4. The minimum absolute atomic E-state index is 1.19. The number of benzene rings is 4. The highest BCUT2D eigenvalue weighted by Gasteiger charge is 2.14. The molecular formula is C24H19N. The van der Waals surface area contributed by atoms with Crippen molar-refractivity contribution >= 4 is 32.6 Å². The lowest BCUT2D eigenvalue weighted by atomic mass is 9.93. The lowest BCUT2D eigenvalue weighted by molar-refractivity contribution is 1.47. The summed E-state index contributed by atoms with van der Waals surface area (Å²) in [4.78, 5) is 3.67. The lowest BCUT2D eigenvalue weighted by Gasteiger charge is -2.11. The first-order chi connectivity index (χ1) is 12.2. The second kappa shape index (κ2) is 5.22. The minimum Gasteiger partial charge on any atom is -0.354 e. The van der Waals surface area contributed by atoms with Gasteiger partial charge in [0.15, 0.2) is 0 Å². The van der Waals surface area contributed by atoms with Crippen LogP contribution in [0.25, 0.3) is 43.7 Å². The van der Waals surface area contributed by atoms with Crippen molar-refractivity contribution < 1.29 is 0 Å². The van der Waals surface area contributed by atoms with E-state index < -0.39 is 0 Å². The topological polar surface area (TPSA) is 15.8 Å². The molecule has 1 heteroatoms. The third kappa shape index (κ3) is 2.16. The molecule has 0 saturated heterocycles. The van der Waals surface area contributed by atoms with Gasteiger partial charge in [0.05, 0.1) is 5.52 Å². The van der Waals surface area contributed by atoms with Gasteiger partial charge >= 0.3 is 0 Å². The molecule has 1 nitrogen and oxygen atoms in total. The zero-order valence-electron chi connectivity index (χ0n) is 14.4. The highest BCUT2D eigenvalue weighted by atomic mass is 14.7. The molecule has 0 amide bonds. The molecule has 0 saturated carbocycles. The largest absolute Gasteiger partial charge is 0.354 e.